The maximum absolute atomic E-state index is 12.1. The Morgan fingerprint density at radius 3 is 2.38 bits per heavy atom. The maximum Gasteiger partial charge on any atom is 0.387 e. The highest BCUT2D eigenvalue weighted by atomic mass is 19.3. The van der Waals surface area contributed by atoms with Crippen molar-refractivity contribution in [3.8, 4) is 5.75 Å². The van der Waals surface area contributed by atoms with Gasteiger partial charge in [-0.05, 0) is 35.2 Å². The van der Waals surface area contributed by atoms with Gasteiger partial charge in [-0.2, -0.15) is 8.78 Å². The summed E-state index contributed by atoms with van der Waals surface area (Å²) in [5.74, 6) is 0.115. The normalized spacial score (nSPS) is 10.6. The number of carbonyl (C=O) groups excluding carboxylic acids is 1. The molecule has 0 aliphatic heterocycles. The van der Waals surface area contributed by atoms with E-state index >= 15 is 0 Å². The summed E-state index contributed by atoms with van der Waals surface area (Å²) in [4.78, 5) is 11.9. The molecule has 5 nitrogen and oxygen atoms in total. The molecule has 2 amide bonds. The molecule has 0 aliphatic rings. The number of methoxy groups -OCH3 is 1. The fourth-order valence-corrected chi connectivity index (χ4v) is 2.42. The van der Waals surface area contributed by atoms with Gasteiger partial charge in [-0.3, -0.25) is 0 Å². The van der Waals surface area contributed by atoms with Gasteiger partial charge in [0.2, 0.25) is 0 Å². The standard InChI is InChI=1S/C19H22F2N2O3/c1-25-13-16-5-3-2-4-15(16)12-23-19(24)22-11-10-14-6-8-17(9-7-14)26-18(20)21/h2-9,18H,10-13H2,1H3,(H2,22,23,24). The molecular formula is C19H22F2N2O3. The van der Waals surface area contributed by atoms with Crippen molar-refractivity contribution in [3.63, 3.8) is 0 Å². The summed E-state index contributed by atoms with van der Waals surface area (Å²) >= 11 is 0. The first-order chi connectivity index (χ1) is 12.6. The number of alkyl halides is 2. The fourth-order valence-electron chi connectivity index (χ4n) is 2.42. The summed E-state index contributed by atoms with van der Waals surface area (Å²) < 4.78 is 33.6. The van der Waals surface area contributed by atoms with Crippen molar-refractivity contribution < 1.29 is 23.0 Å². The van der Waals surface area contributed by atoms with Gasteiger partial charge in [0.1, 0.15) is 5.75 Å². The number of ether oxygens (including phenoxy) is 2. The Kier molecular flexibility index (Phi) is 7.82. The minimum atomic E-state index is -2.83. The topological polar surface area (TPSA) is 59.6 Å². The lowest BCUT2D eigenvalue weighted by molar-refractivity contribution is -0.0498. The van der Waals surface area contributed by atoms with Crippen molar-refractivity contribution in [1.82, 2.24) is 10.6 Å². The van der Waals surface area contributed by atoms with Crippen LogP contribution in [0.2, 0.25) is 0 Å². The first-order valence-electron chi connectivity index (χ1n) is 8.19. The number of amides is 2. The van der Waals surface area contributed by atoms with Crippen molar-refractivity contribution in [2.75, 3.05) is 13.7 Å². The zero-order valence-electron chi connectivity index (χ0n) is 14.5. The molecule has 2 rings (SSSR count). The highest BCUT2D eigenvalue weighted by Crippen LogP contribution is 2.15. The van der Waals surface area contributed by atoms with Crippen LogP contribution in [-0.4, -0.2) is 26.3 Å². The van der Waals surface area contributed by atoms with Gasteiger partial charge in [-0.25, -0.2) is 4.79 Å². The number of carbonyl (C=O) groups is 1. The molecule has 0 unspecified atom stereocenters. The van der Waals surface area contributed by atoms with E-state index in [0.717, 1.165) is 16.7 Å². The molecule has 0 heterocycles. The van der Waals surface area contributed by atoms with E-state index in [1.807, 2.05) is 24.3 Å². The molecule has 2 aromatic carbocycles. The van der Waals surface area contributed by atoms with Gasteiger partial charge in [0.15, 0.2) is 0 Å². The average molecular weight is 364 g/mol. The Labute approximate surface area is 151 Å². The van der Waals surface area contributed by atoms with E-state index in [1.54, 1.807) is 19.2 Å². The van der Waals surface area contributed by atoms with Gasteiger partial charge in [0.25, 0.3) is 0 Å². The van der Waals surface area contributed by atoms with Crippen LogP contribution in [0.3, 0.4) is 0 Å². The molecule has 0 aliphatic carbocycles. The Morgan fingerprint density at radius 1 is 1.04 bits per heavy atom. The molecule has 0 saturated carbocycles. The third-order valence-corrected chi connectivity index (χ3v) is 3.71. The third kappa shape index (κ3) is 6.68. The zero-order valence-corrected chi connectivity index (χ0v) is 14.5. The molecule has 0 spiro atoms. The summed E-state index contributed by atoms with van der Waals surface area (Å²) in [6.07, 6.45) is 0.586. The molecule has 2 aromatic rings. The summed E-state index contributed by atoms with van der Waals surface area (Å²) in [5.41, 5.74) is 2.94. The molecule has 0 atom stereocenters. The monoisotopic (exact) mass is 364 g/mol. The van der Waals surface area contributed by atoms with Gasteiger partial charge < -0.3 is 20.1 Å². The number of rotatable bonds is 9. The highest BCUT2D eigenvalue weighted by molar-refractivity contribution is 5.73. The van der Waals surface area contributed by atoms with E-state index in [0.29, 0.717) is 26.1 Å². The van der Waals surface area contributed by atoms with Crippen LogP contribution in [0.5, 0.6) is 5.75 Å². The van der Waals surface area contributed by atoms with Crippen LogP contribution in [0.25, 0.3) is 0 Å². The second-order valence-corrected chi connectivity index (χ2v) is 5.58. The van der Waals surface area contributed by atoms with Crippen LogP contribution < -0.4 is 15.4 Å². The van der Waals surface area contributed by atoms with Gasteiger partial charge in [0.05, 0.1) is 6.61 Å². The lowest BCUT2D eigenvalue weighted by Crippen LogP contribution is -2.36. The predicted octanol–water partition coefficient (Wildman–Crippen LogP) is 3.48. The molecule has 2 N–H and O–H groups in total. The number of urea groups is 1. The molecule has 0 saturated heterocycles. The highest BCUT2D eigenvalue weighted by Gasteiger charge is 2.06. The van der Waals surface area contributed by atoms with Gasteiger partial charge >= 0.3 is 12.6 Å². The van der Waals surface area contributed by atoms with Crippen molar-refractivity contribution in [2.24, 2.45) is 0 Å². The van der Waals surface area contributed by atoms with Crippen molar-refractivity contribution >= 4 is 6.03 Å². The minimum Gasteiger partial charge on any atom is -0.435 e. The first kappa shape index (κ1) is 19.7. The molecule has 26 heavy (non-hydrogen) atoms. The number of halogens is 2. The Morgan fingerprint density at radius 2 is 1.73 bits per heavy atom. The SMILES string of the molecule is COCc1ccccc1CNC(=O)NCCc1ccc(OC(F)F)cc1. The maximum atomic E-state index is 12.1. The predicted molar refractivity (Wildman–Crippen MR) is 94.2 cm³/mol. The molecule has 0 radical (unpaired) electrons. The molecule has 0 aromatic heterocycles. The van der Waals surface area contributed by atoms with Crippen LogP contribution in [0, 0.1) is 0 Å². The van der Waals surface area contributed by atoms with Crippen LogP contribution in [0.4, 0.5) is 13.6 Å². The van der Waals surface area contributed by atoms with Crippen LogP contribution in [-0.2, 0) is 24.3 Å². The lowest BCUT2D eigenvalue weighted by atomic mass is 10.1. The molecule has 7 heteroatoms. The summed E-state index contributed by atoms with van der Waals surface area (Å²) in [7, 11) is 1.63. The zero-order chi connectivity index (χ0) is 18.8. The van der Waals surface area contributed by atoms with E-state index in [1.165, 1.54) is 12.1 Å². The number of hydrogen-bond donors (Lipinski definition) is 2. The van der Waals surface area contributed by atoms with Crippen LogP contribution in [0.1, 0.15) is 16.7 Å². The van der Waals surface area contributed by atoms with Gasteiger partial charge in [-0.1, -0.05) is 36.4 Å². The summed E-state index contributed by atoms with van der Waals surface area (Å²) in [6.45, 7) is -1.50. The fraction of sp³-hybridized carbons (Fsp3) is 0.316. The van der Waals surface area contributed by atoms with Crippen molar-refractivity contribution in [2.45, 2.75) is 26.2 Å². The minimum absolute atomic E-state index is 0.115. The van der Waals surface area contributed by atoms with Crippen molar-refractivity contribution in [1.29, 1.82) is 0 Å². The third-order valence-electron chi connectivity index (χ3n) is 3.71. The number of hydrogen-bond acceptors (Lipinski definition) is 3. The number of nitrogens with one attached hydrogen (secondary N) is 2. The van der Waals surface area contributed by atoms with E-state index in [9.17, 15) is 13.6 Å². The Hall–Kier alpha value is -2.67. The van der Waals surface area contributed by atoms with Crippen LogP contribution >= 0.6 is 0 Å². The van der Waals surface area contributed by atoms with E-state index in [4.69, 9.17) is 4.74 Å². The quantitative estimate of drug-likeness (QED) is 0.716. The largest absolute Gasteiger partial charge is 0.435 e. The summed E-state index contributed by atoms with van der Waals surface area (Å²) in [6, 6.07) is 13.8. The second kappa shape index (κ2) is 10.4. The molecular weight excluding hydrogens is 342 g/mol. The average Bonchev–Trinajstić information content (AvgIpc) is 2.62. The van der Waals surface area contributed by atoms with E-state index in [2.05, 4.69) is 15.4 Å². The molecule has 140 valence electrons. The molecule has 0 fully saturated rings. The number of benzene rings is 2. The lowest BCUT2D eigenvalue weighted by Gasteiger charge is -2.11. The van der Waals surface area contributed by atoms with Gasteiger partial charge in [0, 0.05) is 20.2 Å². The first-order valence-corrected chi connectivity index (χ1v) is 8.19. The van der Waals surface area contributed by atoms with E-state index < -0.39 is 6.61 Å². The Balaban J connectivity index is 1.72. The molecule has 0 bridgehead atoms. The van der Waals surface area contributed by atoms with Crippen LogP contribution in [0.15, 0.2) is 48.5 Å². The Bertz CT molecular complexity index is 693. The van der Waals surface area contributed by atoms with Gasteiger partial charge in [-0.15, -0.1) is 0 Å². The van der Waals surface area contributed by atoms with E-state index in [-0.39, 0.29) is 11.8 Å². The van der Waals surface area contributed by atoms with Crippen molar-refractivity contribution in [3.05, 3.63) is 65.2 Å². The second-order valence-electron chi connectivity index (χ2n) is 5.58. The smallest absolute Gasteiger partial charge is 0.387 e. The summed E-state index contributed by atoms with van der Waals surface area (Å²) in [5, 5.41) is 5.57.